The van der Waals surface area contributed by atoms with Crippen molar-refractivity contribution in [2.24, 2.45) is 0 Å². The molecule has 2 rings (SSSR count). The first-order valence-electron chi connectivity index (χ1n) is 6.35. The summed E-state index contributed by atoms with van der Waals surface area (Å²) < 4.78 is 22.0. The molecule has 1 fully saturated rings. The molecule has 0 atom stereocenters. The molecule has 4 nitrogen and oxygen atoms in total. The van der Waals surface area contributed by atoms with E-state index < -0.39 is 5.79 Å². The SMILES string of the molecule is CCOc1ccc(OCCC2(C)OCCO2)cc1. The molecule has 100 valence electrons. The standard InChI is InChI=1S/C14H20O4/c1-3-15-12-4-6-13(7-5-12)16-9-8-14(2)17-10-11-18-14/h4-7H,3,8-11H2,1-2H3. The Morgan fingerprint density at radius 1 is 1.06 bits per heavy atom. The van der Waals surface area contributed by atoms with Crippen molar-refractivity contribution in [2.45, 2.75) is 26.1 Å². The fourth-order valence-electron chi connectivity index (χ4n) is 1.85. The second-order valence-corrected chi connectivity index (χ2v) is 4.33. The Hall–Kier alpha value is -1.26. The van der Waals surface area contributed by atoms with Gasteiger partial charge in [-0.1, -0.05) is 0 Å². The number of rotatable bonds is 6. The highest BCUT2D eigenvalue weighted by Gasteiger charge is 2.30. The third-order valence-corrected chi connectivity index (χ3v) is 2.86. The predicted octanol–water partition coefficient (Wildman–Crippen LogP) is 2.62. The zero-order valence-electron chi connectivity index (χ0n) is 11.0. The molecule has 1 saturated heterocycles. The maximum atomic E-state index is 5.65. The van der Waals surface area contributed by atoms with E-state index in [2.05, 4.69) is 0 Å². The first-order valence-corrected chi connectivity index (χ1v) is 6.35. The predicted molar refractivity (Wildman–Crippen MR) is 68.0 cm³/mol. The van der Waals surface area contributed by atoms with E-state index in [1.807, 2.05) is 38.1 Å². The number of hydrogen-bond acceptors (Lipinski definition) is 4. The van der Waals surface area contributed by atoms with Crippen molar-refractivity contribution in [3.05, 3.63) is 24.3 Å². The number of hydrogen-bond donors (Lipinski definition) is 0. The van der Waals surface area contributed by atoms with Crippen molar-refractivity contribution in [3.8, 4) is 11.5 Å². The van der Waals surface area contributed by atoms with Gasteiger partial charge < -0.3 is 18.9 Å². The molecular formula is C14H20O4. The summed E-state index contributed by atoms with van der Waals surface area (Å²) in [7, 11) is 0. The lowest BCUT2D eigenvalue weighted by Gasteiger charge is -2.22. The average Bonchev–Trinajstić information content (AvgIpc) is 2.79. The topological polar surface area (TPSA) is 36.9 Å². The van der Waals surface area contributed by atoms with Crippen LogP contribution in [-0.4, -0.2) is 32.2 Å². The van der Waals surface area contributed by atoms with E-state index in [4.69, 9.17) is 18.9 Å². The van der Waals surface area contributed by atoms with Crippen molar-refractivity contribution in [1.82, 2.24) is 0 Å². The monoisotopic (exact) mass is 252 g/mol. The van der Waals surface area contributed by atoms with Crippen molar-refractivity contribution >= 4 is 0 Å². The minimum atomic E-state index is -0.481. The zero-order chi connectivity index (χ0) is 12.8. The van der Waals surface area contributed by atoms with E-state index in [-0.39, 0.29) is 0 Å². The average molecular weight is 252 g/mol. The summed E-state index contributed by atoms with van der Waals surface area (Å²) in [6, 6.07) is 7.62. The van der Waals surface area contributed by atoms with Gasteiger partial charge in [0.25, 0.3) is 0 Å². The van der Waals surface area contributed by atoms with Crippen LogP contribution in [0.15, 0.2) is 24.3 Å². The van der Waals surface area contributed by atoms with E-state index in [1.54, 1.807) is 0 Å². The van der Waals surface area contributed by atoms with Crippen LogP contribution in [0.4, 0.5) is 0 Å². The summed E-state index contributed by atoms with van der Waals surface area (Å²) in [6.07, 6.45) is 0.722. The van der Waals surface area contributed by atoms with E-state index in [0.717, 1.165) is 17.9 Å². The van der Waals surface area contributed by atoms with Crippen LogP contribution in [0.1, 0.15) is 20.3 Å². The molecule has 0 aliphatic carbocycles. The van der Waals surface area contributed by atoms with Gasteiger partial charge in [-0.05, 0) is 38.1 Å². The Labute approximate surface area is 108 Å². The molecule has 1 aliphatic heterocycles. The fraction of sp³-hybridized carbons (Fsp3) is 0.571. The fourth-order valence-corrected chi connectivity index (χ4v) is 1.85. The van der Waals surface area contributed by atoms with Crippen LogP contribution in [0.2, 0.25) is 0 Å². The lowest BCUT2D eigenvalue weighted by Crippen LogP contribution is -2.27. The van der Waals surface area contributed by atoms with Crippen LogP contribution >= 0.6 is 0 Å². The largest absolute Gasteiger partial charge is 0.494 e. The van der Waals surface area contributed by atoms with Gasteiger partial charge in [0.05, 0.1) is 26.4 Å². The smallest absolute Gasteiger partial charge is 0.168 e. The Balaban J connectivity index is 1.76. The molecule has 0 aromatic heterocycles. The molecule has 4 heteroatoms. The molecule has 1 aromatic rings. The normalized spacial score (nSPS) is 17.7. The van der Waals surface area contributed by atoms with Gasteiger partial charge in [-0.15, -0.1) is 0 Å². The number of ether oxygens (including phenoxy) is 4. The molecule has 1 aromatic carbocycles. The van der Waals surface area contributed by atoms with Gasteiger partial charge in [0.1, 0.15) is 11.5 Å². The van der Waals surface area contributed by atoms with E-state index in [1.165, 1.54) is 0 Å². The van der Waals surface area contributed by atoms with Gasteiger partial charge in [0.15, 0.2) is 5.79 Å². The highest BCUT2D eigenvalue weighted by Crippen LogP contribution is 2.23. The van der Waals surface area contributed by atoms with Crippen molar-refractivity contribution < 1.29 is 18.9 Å². The van der Waals surface area contributed by atoms with Crippen LogP contribution in [0.5, 0.6) is 11.5 Å². The van der Waals surface area contributed by atoms with Gasteiger partial charge in [-0.2, -0.15) is 0 Å². The molecule has 1 aliphatic rings. The van der Waals surface area contributed by atoms with Crippen molar-refractivity contribution in [2.75, 3.05) is 26.4 Å². The molecule has 0 saturated carbocycles. The third kappa shape index (κ3) is 3.62. The molecule has 0 bridgehead atoms. The molecule has 0 amide bonds. The summed E-state index contributed by atoms with van der Waals surface area (Å²) in [6.45, 7) is 6.49. The summed E-state index contributed by atoms with van der Waals surface area (Å²) in [4.78, 5) is 0. The highest BCUT2D eigenvalue weighted by atomic mass is 16.7. The first kappa shape index (κ1) is 13.2. The van der Waals surface area contributed by atoms with E-state index >= 15 is 0 Å². The minimum Gasteiger partial charge on any atom is -0.494 e. The Kier molecular flexibility index (Phi) is 4.44. The minimum absolute atomic E-state index is 0.481. The van der Waals surface area contributed by atoms with Crippen molar-refractivity contribution in [1.29, 1.82) is 0 Å². The molecule has 1 heterocycles. The second-order valence-electron chi connectivity index (χ2n) is 4.33. The Morgan fingerprint density at radius 2 is 1.61 bits per heavy atom. The third-order valence-electron chi connectivity index (χ3n) is 2.86. The molecule has 0 unspecified atom stereocenters. The van der Waals surface area contributed by atoms with Gasteiger partial charge >= 0.3 is 0 Å². The highest BCUT2D eigenvalue weighted by molar-refractivity contribution is 5.31. The number of benzene rings is 1. The molecule has 0 spiro atoms. The van der Waals surface area contributed by atoms with Gasteiger partial charge in [-0.25, -0.2) is 0 Å². The van der Waals surface area contributed by atoms with E-state index in [9.17, 15) is 0 Å². The van der Waals surface area contributed by atoms with Crippen LogP contribution < -0.4 is 9.47 Å². The maximum Gasteiger partial charge on any atom is 0.168 e. The quantitative estimate of drug-likeness (QED) is 0.780. The van der Waals surface area contributed by atoms with Crippen LogP contribution in [0.3, 0.4) is 0 Å². The molecule has 0 N–H and O–H groups in total. The Morgan fingerprint density at radius 3 is 2.17 bits per heavy atom. The second kappa shape index (κ2) is 6.07. The lowest BCUT2D eigenvalue weighted by molar-refractivity contribution is -0.150. The summed E-state index contributed by atoms with van der Waals surface area (Å²) in [5.41, 5.74) is 0. The van der Waals surface area contributed by atoms with E-state index in [0.29, 0.717) is 26.4 Å². The van der Waals surface area contributed by atoms with Crippen LogP contribution in [-0.2, 0) is 9.47 Å². The molecule has 0 radical (unpaired) electrons. The van der Waals surface area contributed by atoms with Gasteiger partial charge in [0, 0.05) is 6.42 Å². The van der Waals surface area contributed by atoms with Crippen LogP contribution in [0.25, 0.3) is 0 Å². The Bertz CT molecular complexity index is 355. The molecule has 18 heavy (non-hydrogen) atoms. The summed E-state index contributed by atoms with van der Waals surface area (Å²) in [5.74, 6) is 1.21. The first-order chi connectivity index (χ1) is 8.72. The van der Waals surface area contributed by atoms with Gasteiger partial charge in [0.2, 0.25) is 0 Å². The maximum absolute atomic E-state index is 5.65. The lowest BCUT2D eigenvalue weighted by atomic mass is 10.2. The summed E-state index contributed by atoms with van der Waals surface area (Å²) >= 11 is 0. The van der Waals surface area contributed by atoms with Crippen molar-refractivity contribution in [3.63, 3.8) is 0 Å². The van der Waals surface area contributed by atoms with Gasteiger partial charge in [-0.3, -0.25) is 0 Å². The van der Waals surface area contributed by atoms with Crippen LogP contribution in [0, 0.1) is 0 Å². The summed E-state index contributed by atoms with van der Waals surface area (Å²) in [5, 5.41) is 0. The zero-order valence-corrected chi connectivity index (χ0v) is 11.0. The molecular weight excluding hydrogens is 232 g/mol.